The Bertz CT molecular complexity index is 319. The molecule has 68 valence electrons. The number of hydrogen-bond donors (Lipinski definition) is 0. The molecule has 0 saturated heterocycles. The minimum atomic E-state index is 0.0903. The lowest BCUT2D eigenvalue weighted by molar-refractivity contribution is 0.460. The Morgan fingerprint density at radius 1 is 0.846 bits per heavy atom. The molecule has 0 aromatic rings. The lowest BCUT2D eigenvalue weighted by Crippen LogP contribution is -2.13. The normalized spacial score (nSPS) is 48.5. The van der Waals surface area contributed by atoms with E-state index in [1.165, 1.54) is 0 Å². The topological polar surface area (TPSA) is 0 Å². The van der Waals surface area contributed by atoms with Crippen LogP contribution in [0.15, 0.2) is 36.5 Å². The van der Waals surface area contributed by atoms with Gasteiger partial charge >= 0.3 is 0 Å². The number of hydrogen-bond acceptors (Lipinski definition) is 0. The van der Waals surface area contributed by atoms with E-state index >= 15 is 0 Å². The van der Waals surface area contributed by atoms with Crippen LogP contribution in [0.3, 0.4) is 0 Å². The summed E-state index contributed by atoms with van der Waals surface area (Å²) in [6, 6.07) is 0. The lowest BCUT2D eigenvalue weighted by atomic mass is 9.81. The van der Waals surface area contributed by atoms with Gasteiger partial charge in [0.15, 0.2) is 0 Å². The van der Waals surface area contributed by atoms with E-state index in [2.05, 4.69) is 68.3 Å². The van der Waals surface area contributed by atoms with E-state index in [9.17, 15) is 0 Å². The first-order valence-corrected chi connectivity index (χ1v) is 6.15. The highest BCUT2D eigenvalue weighted by Crippen LogP contribution is 2.85. The summed E-state index contributed by atoms with van der Waals surface area (Å²) in [5, 5.41) is 0. The quantitative estimate of drug-likeness (QED) is 0.470. The Morgan fingerprint density at radius 2 is 1.31 bits per heavy atom. The van der Waals surface area contributed by atoms with Gasteiger partial charge in [-0.15, -0.1) is 0 Å². The minimum absolute atomic E-state index is 0.0903. The van der Waals surface area contributed by atoms with Gasteiger partial charge in [-0.05, 0) is 12.8 Å². The first-order valence-electron chi connectivity index (χ1n) is 4.56. The Balaban J connectivity index is 2.20. The molecule has 0 heterocycles. The SMILES string of the molecule is BrC1(Br)C23C=CC=CC12CC=CC3. The summed E-state index contributed by atoms with van der Waals surface area (Å²) in [6.45, 7) is 0. The molecule has 1 fully saturated rings. The van der Waals surface area contributed by atoms with E-state index in [0.29, 0.717) is 10.8 Å². The monoisotopic (exact) mass is 300 g/mol. The number of halogens is 2. The molecule has 0 aliphatic heterocycles. The van der Waals surface area contributed by atoms with Crippen LogP contribution in [-0.2, 0) is 0 Å². The average Bonchev–Trinajstić information content (AvgIpc) is 2.61. The van der Waals surface area contributed by atoms with Gasteiger partial charge in [0.25, 0.3) is 0 Å². The summed E-state index contributed by atoms with van der Waals surface area (Å²) >= 11 is 7.66. The Morgan fingerprint density at radius 3 is 1.77 bits per heavy atom. The van der Waals surface area contributed by atoms with Gasteiger partial charge in [-0.25, -0.2) is 0 Å². The third-order valence-corrected chi connectivity index (χ3v) is 6.60. The molecule has 0 amide bonds. The molecule has 13 heavy (non-hydrogen) atoms. The van der Waals surface area contributed by atoms with Crippen LogP contribution in [0.4, 0.5) is 0 Å². The van der Waals surface area contributed by atoms with Gasteiger partial charge in [0.2, 0.25) is 0 Å². The molecule has 0 bridgehead atoms. The zero-order valence-electron chi connectivity index (χ0n) is 7.13. The first kappa shape index (κ1) is 8.49. The van der Waals surface area contributed by atoms with Crippen molar-refractivity contribution in [3.8, 4) is 0 Å². The molecule has 2 heteroatoms. The molecule has 3 aliphatic carbocycles. The van der Waals surface area contributed by atoms with Crippen molar-refractivity contribution < 1.29 is 0 Å². The van der Waals surface area contributed by atoms with Crippen molar-refractivity contribution in [2.45, 2.75) is 16.1 Å². The average molecular weight is 302 g/mol. The molecule has 2 unspecified atom stereocenters. The molecule has 3 aliphatic rings. The van der Waals surface area contributed by atoms with Crippen molar-refractivity contribution in [2.24, 2.45) is 10.8 Å². The van der Waals surface area contributed by atoms with Crippen LogP contribution < -0.4 is 0 Å². The van der Waals surface area contributed by atoms with Gasteiger partial charge in [-0.2, -0.15) is 0 Å². The van der Waals surface area contributed by atoms with Gasteiger partial charge < -0.3 is 0 Å². The van der Waals surface area contributed by atoms with E-state index in [1.807, 2.05) is 0 Å². The molecule has 0 nitrogen and oxygen atoms in total. The van der Waals surface area contributed by atoms with E-state index < -0.39 is 0 Å². The maximum absolute atomic E-state index is 3.83. The third kappa shape index (κ3) is 0.677. The van der Waals surface area contributed by atoms with Crippen molar-refractivity contribution in [3.63, 3.8) is 0 Å². The highest BCUT2D eigenvalue weighted by Gasteiger charge is 2.82. The molecular formula is C11H10Br2. The van der Waals surface area contributed by atoms with Crippen LogP contribution in [0, 0.1) is 10.8 Å². The highest BCUT2D eigenvalue weighted by molar-refractivity contribution is 9.25. The summed E-state index contributed by atoms with van der Waals surface area (Å²) in [4.78, 5) is 0. The van der Waals surface area contributed by atoms with Gasteiger partial charge in [0.1, 0.15) is 3.23 Å². The Labute approximate surface area is 95.0 Å². The van der Waals surface area contributed by atoms with Crippen molar-refractivity contribution in [3.05, 3.63) is 36.5 Å². The smallest absolute Gasteiger partial charge is 0.0875 e. The van der Waals surface area contributed by atoms with E-state index in [4.69, 9.17) is 0 Å². The fraction of sp³-hybridized carbons (Fsp3) is 0.455. The van der Waals surface area contributed by atoms with Crippen molar-refractivity contribution >= 4 is 31.9 Å². The van der Waals surface area contributed by atoms with Crippen LogP contribution in [0.1, 0.15) is 12.8 Å². The second-order valence-corrected chi connectivity index (χ2v) is 7.56. The fourth-order valence-corrected chi connectivity index (χ4v) is 5.29. The second-order valence-electron chi connectivity index (χ2n) is 4.11. The van der Waals surface area contributed by atoms with Crippen LogP contribution >= 0.6 is 31.9 Å². The van der Waals surface area contributed by atoms with Gasteiger partial charge in [0.05, 0.1) is 0 Å². The number of rotatable bonds is 0. The van der Waals surface area contributed by atoms with Gasteiger partial charge in [0, 0.05) is 10.8 Å². The van der Waals surface area contributed by atoms with Crippen LogP contribution in [-0.4, -0.2) is 3.23 Å². The second kappa shape index (κ2) is 2.22. The molecular weight excluding hydrogens is 292 g/mol. The standard InChI is InChI=1S/C11H10Br2/c12-11(13)9-5-1-2-6-10(9,11)8-4-3-7-9/h1-6H,7-8H2. The third-order valence-electron chi connectivity index (χ3n) is 3.77. The van der Waals surface area contributed by atoms with E-state index in [0.717, 1.165) is 12.8 Å². The van der Waals surface area contributed by atoms with E-state index in [1.54, 1.807) is 0 Å². The lowest BCUT2D eigenvalue weighted by Gasteiger charge is -2.22. The van der Waals surface area contributed by atoms with Crippen LogP contribution in [0.5, 0.6) is 0 Å². The van der Waals surface area contributed by atoms with Crippen molar-refractivity contribution in [1.29, 1.82) is 0 Å². The molecule has 0 aromatic heterocycles. The maximum atomic E-state index is 3.83. The molecule has 0 N–H and O–H groups in total. The highest BCUT2D eigenvalue weighted by atomic mass is 79.9. The van der Waals surface area contributed by atoms with Gasteiger partial charge in [-0.3, -0.25) is 0 Å². The van der Waals surface area contributed by atoms with Crippen LogP contribution in [0.25, 0.3) is 0 Å². The zero-order valence-corrected chi connectivity index (χ0v) is 10.3. The predicted octanol–water partition coefficient (Wildman–Crippen LogP) is 3.93. The van der Waals surface area contributed by atoms with Crippen LogP contribution in [0.2, 0.25) is 0 Å². The number of allylic oxidation sites excluding steroid dienone is 6. The minimum Gasteiger partial charge on any atom is -0.0875 e. The first-order chi connectivity index (χ1) is 6.16. The summed E-state index contributed by atoms with van der Waals surface area (Å²) in [5.74, 6) is 0. The summed E-state index contributed by atoms with van der Waals surface area (Å²) < 4.78 is 0.0903. The number of alkyl halides is 2. The molecule has 1 saturated carbocycles. The Hall–Kier alpha value is 0.180. The molecule has 3 rings (SSSR count). The largest absolute Gasteiger partial charge is 0.101 e. The van der Waals surface area contributed by atoms with E-state index in [-0.39, 0.29) is 3.23 Å². The molecule has 0 radical (unpaired) electrons. The predicted molar refractivity (Wildman–Crippen MR) is 62.1 cm³/mol. The molecule has 2 atom stereocenters. The molecule has 0 aromatic carbocycles. The van der Waals surface area contributed by atoms with Gasteiger partial charge in [-0.1, -0.05) is 68.3 Å². The summed E-state index contributed by atoms with van der Waals surface area (Å²) in [6.07, 6.45) is 15.9. The Kier molecular flexibility index (Phi) is 1.45. The summed E-state index contributed by atoms with van der Waals surface area (Å²) in [7, 11) is 0. The zero-order chi connectivity index (χ0) is 9.16. The fourth-order valence-electron chi connectivity index (χ4n) is 2.90. The van der Waals surface area contributed by atoms with Crippen molar-refractivity contribution in [2.75, 3.05) is 0 Å². The summed E-state index contributed by atoms with van der Waals surface area (Å²) in [5.41, 5.74) is 0.590. The molecule has 0 spiro atoms. The van der Waals surface area contributed by atoms with Crippen molar-refractivity contribution in [1.82, 2.24) is 0 Å². The maximum Gasteiger partial charge on any atom is 0.101 e.